The van der Waals surface area contributed by atoms with Crippen LogP contribution < -0.4 is 10.0 Å². The molecular formula is C15H20ClF3N2O3S2. The molecule has 0 aliphatic carbocycles. The first kappa shape index (κ1) is 23.1. The summed E-state index contributed by atoms with van der Waals surface area (Å²) >= 11 is 7.20. The maximum atomic E-state index is 12.9. The SMILES string of the molecule is CSCC[C@H](NS(=O)(=O)c1cc(C(F)(F)F)ccc1Cl)C(=O)NC(C)C. The molecule has 0 aliphatic rings. The molecule has 5 nitrogen and oxygen atoms in total. The van der Waals surface area contributed by atoms with E-state index in [0.29, 0.717) is 17.9 Å². The summed E-state index contributed by atoms with van der Waals surface area (Å²) < 4.78 is 65.8. The molecule has 0 radical (unpaired) electrons. The normalized spacial score (nSPS) is 13.7. The Bertz CT molecular complexity index is 740. The zero-order valence-electron chi connectivity index (χ0n) is 14.4. The Morgan fingerprint density at radius 1 is 1.31 bits per heavy atom. The number of sulfonamides is 1. The van der Waals surface area contributed by atoms with E-state index < -0.39 is 38.6 Å². The topological polar surface area (TPSA) is 75.3 Å². The minimum atomic E-state index is -4.72. The lowest BCUT2D eigenvalue weighted by atomic mass is 10.2. The van der Waals surface area contributed by atoms with Crippen molar-refractivity contribution in [3.63, 3.8) is 0 Å². The van der Waals surface area contributed by atoms with Crippen LogP contribution in [0.4, 0.5) is 13.2 Å². The summed E-state index contributed by atoms with van der Waals surface area (Å²) in [4.78, 5) is 11.5. The summed E-state index contributed by atoms with van der Waals surface area (Å²) in [5, 5.41) is 2.23. The van der Waals surface area contributed by atoms with Gasteiger partial charge in [-0.1, -0.05) is 11.6 Å². The van der Waals surface area contributed by atoms with Crippen molar-refractivity contribution in [3.8, 4) is 0 Å². The molecule has 0 saturated heterocycles. The monoisotopic (exact) mass is 432 g/mol. The molecule has 0 saturated carbocycles. The lowest BCUT2D eigenvalue weighted by Crippen LogP contribution is -2.48. The van der Waals surface area contributed by atoms with Gasteiger partial charge < -0.3 is 5.32 Å². The van der Waals surface area contributed by atoms with Crippen molar-refractivity contribution in [2.75, 3.05) is 12.0 Å². The van der Waals surface area contributed by atoms with Gasteiger partial charge >= 0.3 is 6.18 Å². The van der Waals surface area contributed by atoms with E-state index in [4.69, 9.17) is 11.6 Å². The number of rotatable bonds is 8. The third-order valence-corrected chi connectivity index (χ3v) is 5.80. The second-order valence-corrected chi connectivity index (χ2v) is 8.84. The van der Waals surface area contributed by atoms with Crippen LogP contribution in [-0.2, 0) is 21.0 Å². The average Bonchev–Trinajstić information content (AvgIpc) is 2.49. The van der Waals surface area contributed by atoms with Gasteiger partial charge in [0, 0.05) is 6.04 Å². The van der Waals surface area contributed by atoms with Crippen LogP contribution in [0.3, 0.4) is 0 Å². The molecule has 148 valence electrons. The number of carbonyl (C=O) groups is 1. The van der Waals surface area contributed by atoms with Crippen LogP contribution in [0.2, 0.25) is 5.02 Å². The Kier molecular flexibility index (Phi) is 8.25. The van der Waals surface area contributed by atoms with Gasteiger partial charge in [-0.25, -0.2) is 8.42 Å². The zero-order valence-corrected chi connectivity index (χ0v) is 16.7. The number of hydrogen-bond donors (Lipinski definition) is 2. The van der Waals surface area contributed by atoms with Crippen molar-refractivity contribution in [1.29, 1.82) is 0 Å². The smallest absolute Gasteiger partial charge is 0.353 e. The largest absolute Gasteiger partial charge is 0.416 e. The Balaban J connectivity index is 3.19. The molecule has 0 fully saturated rings. The number of benzene rings is 1. The van der Waals surface area contributed by atoms with Crippen molar-refractivity contribution in [3.05, 3.63) is 28.8 Å². The summed E-state index contributed by atoms with van der Waals surface area (Å²) in [6.07, 6.45) is -2.76. The summed E-state index contributed by atoms with van der Waals surface area (Å²) in [7, 11) is -4.44. The fraction of sp³-hybridized carbons (Fsp3) is 0.533. The van der Waals surface area contributed by atoms with Gasteiger partial charge in [0.2, 0.25) is 15.9 Å². The van der Waals surface area contributed by atoms with Crippen LogP contribution in [0.1, 0.15) is 25.8 Å². The van der Waals surface area contributed by atoms with Crippen molar-refractivity contribution in [2.24, 2.45) is 0 Å². The van der Waals surface area contributed by atoms with Gasteiger partial charge in [-0.2, -0.15) is 29.7 Å². The summed E-state index contributed by atoms with van der Waals surface area (Å²) in [6, 6.07) is 0.667. The molecule has 1 aromatic rings. The number of thioether (sulfide) groups is 1. The minimum Gasteiger partial charge on any atom is -0.353 e. The summed E-state index contributed by atoms with van der Waals surface area (Å²) in [6.45, 7) is 3.42. The third-order valence-electron chi connectivity index (χ3n) is 3.20. The van der Waals surface area contributed by atoms with Crippen LogP contribution in [-0.4, -0.2) is 38.4 Å². The summed E-state index contributed by atoms with van der Waals surface area (Å²) in [5.41, 5.74) is -1.14. The molecule has 0 aromatic heterocycles. The molecule has 0 heterocycles. The maximum absolute atomic E-state index is 12.9. The van der Waals surface area contributed by atoms with E-state index >= 15 is 0 Å². The highest BCUT2D eigenvalue weighted by molar-refractivity contribution is 7.98. The van der Waals surface area contributed by atoms with E-state index in [9.17, 15) is 26.4 Å². The quantitative estimate of drug-likeness (QED) is 0.661. The molecule has 1 aromatic carbocycles. The Hall–Kier alpha value is -0.970. The van der Waals surface area contributed by atoms with Crippen LogP contribution in [0.15, 0.2) is 23.1 Å². The van der Waals surface area contributed by atoms with E-state index in [-0.39, 0.29) is 17.5 Å². The Morgan fingerprint density at radius 3 is 2.42 bits per heavy atom. The van der Waals surface area contributed by atoms with Crippen molar-refractivity contribution < 1.29 is 26.4 Å². The van der Waals surface area contributed by atoms with Crippen molar-refractivity contribution in [2.45, 2.75) is 43.4 Å². The second kappa shape index (κ2) is 9.29. The van der Waals surface area contributed by atoms with Gasteiger partial charge in [-0.15, -0.1) is 0 Å². The standard InChI is InChI=1S/C15H20ClF3N2O3S2/c1-9(2)20-14(22)12(6-7-25-3)21-26(23,24)13-8-10(15(17,18)19)4-5-11(13)16/h4-5,8-9,12,21H,6-7H2,1-3H3,(H,20,22)/t12-/m0/s1. The van der Waals surface area contributed by atoms with E-state index in [2.05, 4.69) is 10.0 Å². The van der Waals surface area contributed by atoms with Gasteiger partial charge in [0.15, 0.2) is 0 Å². The molecule has 1 amide bonds. The lowest BCUT2D eigenvalue weighted by molar-refractivity contribution is -0.137. The number of alkyl halides is 3. The second-order valence-electron chi connectivity index (χ2n) is 5.76. The number of amides is 1. The van der Waals surface area contributed by atoms with Gasteiger partial charge in [0.25, 0.3) is 0 Å². The number of hydrogen-bond acceptors (Lipinski definition) is 4. The van der Waals surface area contributed by atoms with E-state index in [0.717, 1.165) is 6.07 Å². The fourth-order valence-electron chi connectivity index (χ4n) is 2.00. The third kappa shape index (κ3) is 6.64. The van der Waals surface area contributed by atoms with E-state index in [1.165, 1.54) is 11.8 Å². The predicted molar refractivity (Wildman–Crippen MR) is 96.8 cm³/mol. The molecule has 0 unspecified atom stereocenters. The molecule has 26 heavy (non-hydrogen) atoms. The molecule has 0 bridgehead atoms. The highest BCUT2D eigenvalue weighted by atomic mass is 35.5. The fourth-order valence-corrected chi connectivity index (χ4v) is 4.23. The molecule has 11 heteroatoms. The first-order valence-corrected chi connectivity index (χ1v) is 10.8. The zero-order chi connectivity index (χ0) is 20.1. The highest BCUT2D eigenvalue weighted by Gasteiger charge is 2.34. The lowest BCUT2D eigenvalue weighted by Gasteiger charge is -2.20. The molecule has 1 atom stereocenters. The van der Waals surface area contributed by atoms with Gasteiger partial charge in [0.1, 0.15) is 10.9 Å². The van der Waals surface area contributed by atoms with Gasteiger partial charge in [-0.3, -0.25) is 4.79 Å². The van der Waals surface area contributed by atoms with Crippen LogP contribution >= 0.6 is 23.4 Å². The minimum absolute atomic E-state index is 0.176. The molecule has 2 N–H and O–H groups in total. The first-order chi connectivity index (χ1) is 11.9. The van der Waals surface area contributed by atoms with E-state index in [1.807, 2.05) is 0 Å². The molecule has 1 rings (SSSR count). The summed E-state index contributed by atoms with van der Waals surface area (Å²) in [5.74, 6) is -0.0737. The van der Waals surface area contributed by atoms with Crippen molar-refractivity contribution in [1.82, 2.24) is 10.0 Å². The number of nitrogens with one attached hydrogen (secondary N) is 2. The molecule has 0 aliphatic heterocycles. The van der Waals surface area contributed by atoms with Crippen LogP contribution in [0, 0.1) is 0 Å². The Morgan fingerprint density at radius 2 is 1.92 bits per heavy atom. The van der Waals surface area contributed by atoms with Crippen molar-refractivity contribution >= 4 is 39.3 Å². The first-order valence-electron chi connectivity index (χ1n) is 7.57. The highest BCUT2D eigenvalue weighted by Crippen LogP contribution is 2.33. The number of halogens is 4. The maximum Gasteiger partial charge on any atom is 0.416 e. The van der Waals surface area contributed by atoms with Crippen LogP contribution in [0.5, 0.6) is 0 Å². The van der Waals surface area contributed by atoms with E-state index in [1.54, 1.807) is 20.1 Å². The van der Waals surface area contributed by atoms with Crippen LogP contribution in [0.25, 0.3) is 0 Å². The predicted octanol–water partition coefficient (Wildman–Crippen LogP) is 3.28. The average molecular weight is 433 g/mol. The Labute approximate surface area is 160 Å². The number of carbonyl (C=O) groups excluding carboxylic acids is 1. The molecule has 0 spiro atoms. The molecular weight excluding hydrogens is 413 g/mol. The van der Waals surface area contributed by atoms with Gasteiger partial charge in [0.05, 0.1) is 10.6 Å². The van der Waals surface area contributed by atoms with Gasteiger partial charge in [-0.05, 0) is 50.5 Å².